The summed E-state index contributed by atoms with van der Waals surface area (Å²) in [4.78, 5) is 16.1. The smallest absolute Gasteiger partial charge is 0.252 e. The Labute approximate surface area is 121 Å². The second kappa shape index (κ2) is 6.08. The van der Waals surface area contributed by atoms with Crippen LogP contribution in [0.25, 0.3) is 0 Å². The number of hydrogen-bond donors (Lipinski definition) is 1. The van der Waals surface area contributed by atoms with E-state index in [4.69, 9.17) is 23.2 Å². The molecule has 1 N–H and O–H groups in total. The highest BCUT2D eigenvalue weighted by Gasteiger charge is 2.10. The third kappa shape index (κ3) is 3.72. The average molecular weight is 298 g/mol. The van der Waals surface area contributed by atoms with E-state index >= 15 is 0 Å². The number of benzene rings is 1. The summed E-state index contributed by atoms with van der Waals surface area (Å²) in [6.07, 6.45) is 4.33. The molecule has 0 atom stereocenters. The topological polar surface area (TPSA) is 46.9 Å². The molecule has 0 unspecified atom stereocenters. The first-order valence-corrected chi connectivity index (χ1v) is 6.52. The van der Waals surface area contributed by atoms with Crippen molar-refractivity contribution in [3.63, 3.8) is 0 Å². The highest BCUT2D eigenvalue weighted by molar-refractivity contribution is 6.36. The summed E-state index contributed by atoms with van der Waals surface area (Å²) in [6.45, 7) is 0.509. The molecule has 0 saturated heterocycles. The van der Waals surface area contributed by atoms with Crippen molar-refractivity contribution in [2.75, 3.05) is 6.54 Å². The first-order chi connectivity index (χ1) is 9.06. The molecule has 0 aliphatic heterocycles. The van der Waals surface area contributed by atoms with Crippen LogP contribution in [0, 0.1) is 0 Å². The maximum atomic E-state index is 11.9. The van der Waals surface area contributed by atoms with Crippen molar-refractivity contribution in [2.45, 2.75) is 6.42 Å². The Morgan fingerprint density at radius 1 is 1.42 bits per heavy atom. The number of aromatic nitrogens is 2. The van der Waals surface area contributed by atoms with Crippen LogP contribution >= 0.6 is 23.2 Å². The Hall–Kier alpha value is -1.52. The summed E-state index contributed by atoms with van der Waals surface area (Å²) in [7, 11) is 1.91. The lowest BCUT2D eigenvalue weighted by atomic mass is 10.2. The molecule has 2 aromatic rings. The standard InChI is InChI=1S/C13H13Cl2N3O/c1-18-7-10(17-8-18)4-5-16-13(19)11-3-2-9(14)6-12(11)15/h2-3,6-8H,4-5H2,1H3,(H,16,19). The molecule has 1 amide bonds. The van der Waals surface area contributed by atoms with Crippen LogP contribution in [0.2, 0.25) is 10.0 Å². The fourth-order valence-corrected chi connectivity index (χ4v) is 2.16. The number of rotatable bonds is 4. The fourth-order valence-electron chi connectivity index (χ4n) is 1.67. The summed E-state index contributed by atoms with van der Waals surface area (Å²) in [5, 5.41) is 3.66. The van der Waals surface area contributed by atoms with E-state index in [9.17, 15) is 4.79 Å². The van der Waals surface area contributed by atoms with Gasteiger partial charge in [0.25, 0.3) is 5.91 Å². The Morgan fingerprint density at radius 2 is 2.21 bits per heavy atom. The minimum absolute atomic E-state index is 0.211. The number of nitrogens with zero attached hydrogens (tertiary/aromatic N) is 2. The first-order valence-electron chi connectivity index (χ1n) is 5.76. The third-order valence-electron chi connectivity index (χ3n) is 2.60. The van der Waals surface area contributed by atoms with E-state index in [1.54, 1.807) is 24.5 Å². The van der Waals surface area contributed by atoms with Crippen LogP contribution in [0.3, 0.4) is 0 Å². The number of hydrogen-bond acceptors (Lipinski definition) is 2. The zero-order valence-corrected chi connectivity index (χ0v) is 11.9. The molecule has 1 aromatic carbocycles. The van der Waals surface area contributed by atoms with Gasteiger partial charge in [-0.25, -0.2) is 4.98 Å². The SMILES string of the molecule is Cn1cnc(CCNC(=O)c2ccc(Cl)cc2Cl)c1. The van der Waals surface area contributed by atoms with E-state index in [1.165, 1.54) is 0 Å². The predicted octanol–water partition coefficient (Wildman–Crippen LogP) is 2.70. The fraction of sp³-hybridized carbons (Fsp3) is 0.231. The molecule has 0 spiro atoms. The number of amides is 1. The Morgan fingerprint density at radius 3 is 2.84 bits per heavy atom. The lowest BCUT2D eigenvalue weighted by molar-refractivity contribution is 0.0954. The summed E-state index contributed by atoms with van der Waals surface area (Å²) in [5.74, 6) is -0.211. The van der Waals surface area contributed by atoms with Crippen molar-refractivity contribution < 1.29 is 4.79 Å². The number of carbonyl (C=O) groups excluding carboxylic acids is 1. The Kier molecular flexibility index (Phi) is 4.45. The second-order valence-electron chi connectivity index (χ2n) is 4.16. The summed E-state index contributed by atoms with van der Waals surface area (Å²) in [5.41, 5.74) is 1.36. The number of aryl methyl sites for hydroxylation is 1. The van der Waals surface area contributed by atoms with E-state index in [1.807, 2.05) is 17.8 Å². The van der Waals surface area contributed by atoms with Crippen LogP contribution in [-0.4, -0.2) is 22.0 Å². The van der Waals surface area contributed by atoms with E-state index in [0.717, 1.165) is 5.69 Å². The van der Waals surface area contributed by atoms with Gasteiger partial charge in [0, 0.05) is 31.2 Å². The van der Waals surface area contributed by atoms with Crippen LogP contribution in [-0.2, 0) is 13.5 Å². The monoisotopic (exact) mass is 297 g/mol. The largest absolute Gasteiger partial charge is 0.352 e. The van der Waals surface area contributed by atoms with E-state index < -0.39 is 0 Å². The van der Waals surface area contributed by atoms with Gasteiger partial charge in [-0.3, -0.25) is 4.79 Å². The molecule has 4 nitrogen and oxygen atoms in total. The zero-order valence-electron chi connectivity index (χ0n) is 10.4. The maximum Gasteiger partial charge on any atom is 0.252 e. The van der Waals surface area contributed by atoms with E-state index in [0.29, 0.717) is 28.6 Å². The molecule has 0 aliphatic carbocycles. The normalized spacial score (nSPS) is 10.5. The lowest BCUT2D eigenvalue weighted by Crippen LogP contribution is -2.26. The zero-order chi connectivity index (χ0) is 13.8. The van der Waals surface area contributed by atoms with Gasteiger partial charge in [0.2, 0.25) is 0 Å². The highest BCUT2D eigenvalue weighted by Crippen LogP contribution is 2.20. The molecule has 0 aliphatic rings. The van der Waals surface area contributed by atoms with E-state index in [2.05, 4.69) is 10.3 Å². The summed E-state index contributed by atoms with van der Waals surface area (Å²) >= 11 is 11.7. The number of carbonyl (C=O) groups is 1. The molecule has 1 heterocycles. The van der Waals surface area contributed by atoms with Crippen molar-refractivity contribution >= 4 is 29.1 Å². The van der Waals surface area contributed by atoms with Crippen molar-refractivity contribution in [1.82, 2.24) is 14.9 Å². The number of imidazole rings is 1. The number of halogens is 2. The molecule has 0 saturated carbocycles. The van der Waals surface area contributed by atoms with Gasteiger partial charge in [-0.15, -0.1) is 0 Å². The highest BCUT2D eigenvalue weighted by atomic mass is 35.5. The van der Waals surface area contributed by atoms with Crippen LogP contribution in [0.4, 0.5) is 0 Å². The summed E-state index contributed by atoms with van der Waals surface area (Å²) < 4.78 is 1.87. The van der Waals surface area contributed by atoms with Gasteiger partial charge in [0.05, 0.1) is 22.6 Å². The predicted molar refractivity (Wildman–Crippen MR) is 75.7 cm³/mol. The first kappa shape index (κ1) is 13.9. The summed E-state index contributed by atoms with van der Waals surface area (Å²) in [6, 6.07) is 4.80. The Bertz CT molecular complexity index is 595. The lowest BCUT2D eigenvalue weighted by Gasteiger charge is -2.06. The van der Waals surface area contributed by atoms with Crippen molar-refractivity contribution in [3.8, 4) is 0 Å². The molecular weight excluding hydrogens is 285 g/mol. The van der Waals surface area contributed by atoms with Crippen molar-refractivity contribution in [2.24, 2.45) is 7.05 Å². The number of nitrogens with one attached hydrogen (secondary N) is 1. The minimum atomic E-state index is -0.211. The van der Waals surface area contributed by atoms with Gasteiger partial charge in [-0.05, 0) is 18.2 Å². The molecular formula is C13H13Cl2N3O. The van der Waals surface area contributed by atoms with Crippen molar-refractivity contribution in [3.05, 3.63) is 52.0 Å². The molecule has 0 bridgehead atoms. The van der Waals surface area contributed by atoms with Crippen LogP contribution in [0.5, 0.6) is 0 Å². The second-order valence-corrected chi connectivity index (χ2v) is 5.00. The third-order valence-corrected chi connectivity index (χ3v) is 3.15. The molecule has 1 aromatic heterocycles. The van der Waals surface area contributed by atoms with Gasteiger partial charge in [-0.2, -0.15) is 0 Å². The van der Waals surface area contributed by atoms with Gasteiger partial charge >= 0.3 is 0 Å². The van der Waals surface area contributed by atoms with Gasteiger partial charge in [0.15, 0.2) is 0 Å². The molecule has 19 heavy (non-hydrogen) atoms. The Balaban J connectivity index is 1.90. The van der Waals surface area contributed by atoms with Gasteiger partial charge in [0.1, 0.15) is 0 Å². The van der Waals surface area contributed by atoms with Gasteiger partial charge in [-0.1, -0.05) is 23.2 Å². The van der Waals surface area contributed by atoms with Crippen molar-refractivity contribution in [1.29, 1.82) is 0 Å². The quantitative estimate of drug-likeness (QED) is 0.943. The molecule has 100 valence electrons. The maximum absolute atomic E-state index is 11.9. The van der Waals surface area contributed by atoms with Crippen LogP contribution in [0.1, 0.15) is 16.1 Å². The van der Waals surface area contributed by atoms with Crippen LogP contribution in [0.15, 0.2) is 30.7 Å². The minimum Gasteiger partial charge on any atom is -0.352 e. The van der Waals surface area contributed by atoms with E-state index in [-0.39, 0.29) is 5.91 Å². The van der Waals surface area contributed by atoms with Crippen LogP contribution < -0.4 is 5.32 Å². The average Bonchev–Trinajstić information content (AvgIpc) is 2.75. The molecule has 0 fully saturated rings. The molecule has 0 radical (unpaired) electrons. The molecule has 2 rings (SSSR count). The van der Waals surface area contributed by atoms with Gasteiger partial charge < -0.3 is 9.88 Å². The molecule has 6 heteroatoms.